The number of carbonyl (C=O) groups excluding carboxylic acids is 2. The Morgan fingerprint density at radius 2 is 2.09 bits per heavy atom. The van der Waals surface area contributed by atoms with Crippen LogP contribution in [0.3, 0.4) is 0 Å². The monoisotopic (exact) mass is 336 g/mol. The molecule has 7 heteroatoms. The number of carbonyl (C=O) groups is 2. The summed E-state index contributed by atoms with van der Waals surface area (Å²) in [5.41, 5.74) is 1.33. The SMILES string of the molecule is CN1N=C(C(=O)NC[C@@H](c2ccccc2Cl)N(C)C)CCC1=O. The average molecular weight is 337 g/mol. The second kappa shape index (κ2) is 7.57. The Bertz CT molecular complexity index is 630. The van der Waals surface area contributed by atoms with Gasteiger partial charge in [0.15, 0.2) is 0 Å². The molecule has 0 unspecified atom stereocenters. The number of rotatable bonds is 5. The molecular weight excluding hydrogens is 316 g/mol. The van der Waals surface area contributed by atoms with Crippen LogP contribution >= 0.6 is 11.6 Å². The second-order valence-corrected chi connectivity index (χ2v) is 6.08. The minimum atomic E-state index is -0.247. The molecule has 1 heterocycles. The van der Waals surface area contributed by atoms with E-state index >= 15 is 0 Å². The van der Waals surface area contributed by atoms with Gasteiger partial charge in [0.2, 0.25) is 5.91 Å². The minimum absolute atomic E-state index is 0.0452. The van der Waals surface area contributed by atoms with Crippen molar-refractivity contribution in [2.75, 3.05) is 27.7 Å². The van der Waals surface area contributed by atoms with Gasteiger partial charge in [-0.05, 0) is 25.7 Å². The van der Waals surface area contributed by atoms with Crippen LogP contribution in [0.1, 0.15) is 24.4 Å². The summed E-state index contributed by atoms with van der Waals surface area (Å²) in [6, 6.07) is 7.53. The van der Waals surface area contributed by atoms with Gasteiger partial charge in [0.1, 0.15) is 5.71 Å². The first kappa shape index (κ1) is 17.4. The molecular formula is C16H21ClN4O2. The average Bonchev–Trinajstić information content (AvgIpc) is 2.51. The first-order chi connectivity index (χ1) is 10.9. The number of hydrazone groups is 1. The zero-order valence-electron chi connectivity index (χ0n) is 13.5. The van der Waals surface area contributed by atoms with Crippen molar-refractivity contribution in [2.24, 2.45) is 5.10 Å². The summed E-state index contributed by atoms with van der Waals surface area (Å²) in [7, 11) is 5.43. The highest BCUT2D eigenvalue weighted by Gasteiger charge is 2.23. The van der Waals surface area contributed by atoms with Crippen LogP contribution < -0.4 is 5.32 Å². The van der Waals surface area contributed by atoms with Crippen LogP contribution in [-0.2, 0) is 9.59 Å². The van der Waals surface area contributed by atoms with Gasteiger partial charge < -0.3 is 10.2 Å². The molecule has 2 amide bonds. The summed E-state index contributed by atoms with van der Waals surface area (Å²) in [6.07, 6.45) is 0.679. The number of likely N-dealkylation sites (N-methyl/N-ethyl adjacent to an activating group) is 1. The highest BCUT2D eigenvalue weighted by molar-refractivity contribution is 6.39. The lowest BCUT2D eigenvalue weighted by atomic mass is 10.1. The van der Waals surface area contributed by atoms with E-state index in [9.17, 15) is 9.59 Å². The minimum Gasteiger partial charge on any atom is -0.349 e. The van der Waals surface area contributed by atoms with Crippen molar-refractivity contribution in [3.8, 4) is 0 Å². The van der Waals surface area contributed by atoms with Gasteiger partial charge in [0, 0.05) is 31.5 Å². The number of hydrogen-bond donors (Lipinski definition) is 1. The van der Waals surface area contributed by atoms with E-state index < -0.39 is 0 Å². The lowest BCUT2D eigenvalue weighted by Crippen LogP contribution is -2.41. The van der Waals surface area contributed by atoms with Crippen LogP contribution in [0.4, 0.5) is 0 Å². The second-order valence-electron chi connectivity index (χ2n) is 5.67. The molecule has 23 heavy (non-hydrogen) atoms. The normalized spacial score (nSPS) is 16.3. The van der Waals surface area contributed by atoms with Gasteiger partial charge >= 0.3 is 0 Å². The molecule has 1 atom stereocenters. The summed E-state index contributed by atoms with van der Waals surface area (Å²) in [6.45, 7) is 0.409. The van der Waals surface area contributed by atoms with Crippen LogP contribution in [0.5, 0.6) is 0 Å². The maximum Gasteiger partial charge on any atom is 0.267 e. The Hall–Kier alpha value is -1.92. The predicted octanol–water partition coefficient (Wildman–Crippen LogP) is 1.67. The molecule has 0 bridgehead atoms. The fraction of sp³-hybridized carbons (Fsp3) is 0.438. The van der Waals surface area contributed by atoms with E-state index in [0.29, 0.717) is 30.1 Å². The third-order valence-electron chi connectivity index (χ3n) is 3.81. The summed E-state index contributed by atoms with van der Waals surface area (Å²) in [5, 5.41) is 8.80. The van der Waals surface area contributed by atoms with Crippen molar-refractivity contribution in [3.05, 3.63) is 34.9 Å². The third kappa shape index (κ3) is 4.30. The molecule has 0 fully saturated rings. The van der Waals surface area contributed by atoms with Gasteiger partial charge in [-0.1, -0.05) is 29.8 Å². The molecule has 1 aromatic rings. The molecule has 124 valence electrons. The fourth-order valence-electron chi connectivity index (χ4n) is 2.44. The van der Waals surface area contributed by atoms with Gasteiger partial charge in [0.05, 0.1) is 6.04 Å². The van der Waals surface area contributed by atoms with Crippen molar-refractivity contribution < 1.29 is 9.59 Å². The molecule has 0 aromatic heterocycles. The maximum absolute atomic E-state index is 12.3. The van der Waals surface area contributed by atoms with Gasteiger partial charge in [-0.25, -0.2) is 5.01 Å². The number of halogens is 1. The van der Waals surface area contributed by atoms with E-state index in [0.717, 1.165) is 5.56 Å². The van der Waals surface area contributed by atoms with E-state index in [-0.39, 0.29) is 17.9 Å². The van der Waals surface area contributed by atoms with Crippen molar-refractivity contribution in [1.29, 1.82) is 0 Å². The Labute approximate surface area is 141 Å². The van der Waals surface area contributed by atoms with E-state index in [4.69, 9.17) is 11.6 Å². The molecule has 1 aromatic carbocycles. The molecule has 1 aliphatic rings. The van der Waals surface area contributed by atoms with E-state index in [2.05, 4.69) is 10.4 Å². The molecule has 1 N–H and O–H groups in total. The van der Waals surface area contributed by atoms with Gasteiger partial charge in [-0.3, -0.25) is 9.59 Å². The number of amides is 2. The third-order valence-corrected chi connectivity index (χ3v) is 4.16. The zero-order chi connectivity index (χ0) is 17.0. The van der Waals surface area contributed by atoms with Crippen LogP contribution in [-0.4, -0.2) is 55.1 Å². The first-order valence-corrected chi connectivity index (χ1v) is 7.81. The first-order valence-electron chi connectivity index (χ1n) is 7.43. The highest BCUT2D eigenvalue weighted by atomic mass is 35.5. The number of benzene rings is 1. The summed E-state index contributed by atoms with van der Waals surface area (Å²) in [4.78, 5) is 25.7. The molecule has 0 spiro atoms. The summed E-state index contributed by atoms with van der Waals surface area (Å²) < 4.78 is 0. The van der Waals surface area contributed by atoms with Crippen molar-refractivity contribution in [3.63, 3.8) is 0 Å². The highest BCUT2D eigenvalue weighted by Crippen LogP contribution is 2.25. The van der Waals surface area contributed by atoms with E-state index in [1.54, 1.807) is 7.05 Å². The summed E-state index contributed by atoms with van der Waals surface area (Å²) >= 11 is 6.25. The standard InChI is InChI=1S/C16H21ClN4O2/c1-20(2)14(11-6-4-5-7-12(11)17)10-18-16(23)13-8-9-15(22)21(3)19-13/h4-7,14H,8-10H2,1-3H3,(H,18,23)/t14-/m0/s1. The lowest BCUT2D eigenvalue weighted by Gasteiger charge is -2.26. The van der Waals surface area contributed by atoms with Gasteiger partial charge in [0.25, 0.3) is 5.91 Å². The zero-order valence-corrected chi connectivity index (χ0v) is 14.3. The van der Waals surface area contributed by atoms with Crippen LogP contribution in [0, 0.1) is 0 Å². The molecule has 1 aliphatic heterocycles. The topological polar surface area (TPSA) is 65.0 Å². The smallest absolute Gasteiger partial charge is 0.267 e. The van der Waals surface area contributed by atoms with Crippen molar-refractivity contribution in [1.82, 2.24) is 15.2 Å². The van der Waals surface area contributed by atoms with Gasteiger partial charge in [-0.15, -0.1) is 0 Å². The van der Waals surface area contributed by atoms with Crippen LogP contribution in [0.25, 0.3) is 0 Å². The molecule has 0 saturated carbocycles. The van der Waals surface area contributed by atoms with Crippen LogP contribution in [0.15, 0.2) is 29.4 Å². The van der Waals surface area contributed by atoms with Crippen LogP contribution in [0.2, 0.25) is 5.02 Å². The molecule has 0 aliphatic carbocycles. The predicted molar refractivity (Wildman–Crippen MR) is 90.3 cm³/mol. The quantitative estimate of drug-likeness (QED) is 0.889. The Morgan fingerprint density at radius 3 is 2.70 bits per heavy atom. The maximum atomic E-state index is 12.3. The molecule has 0 saturated heterocycles. The molecule has 6 nitrogen and oxygen atoms in total. The number of nitrogens with zero attached hydrogens (tertiary/aromatic N) is 3. The largest absolute Gasteiger partial charge is 0.349 e. The Balaban J connectivity index is 2.05. The number of nitrogens with one attached hydrogen (secondary N) is 1. The molecule has 0 radical (unpaired) electrons. The Morgan fingerprint density at radius 1 is 1.39 bits per heavy atom. The number of hydrogen-bond acceptors (Lipinski definition) is 4. The molecule has 2 rings (SSSR count). The van der Waals surface area contributed by atoms with Crippen molar-refractivity contribution in [2.45, 2.75) is 18.9 Å². The summed E-state index contributed by atoms with van der Waals surface area (Å²) in [5.74, 6) is -0.327. The van der Waals surface area contributed by atoms with E-state index in [1.165, 1.54) is 5.01 Å². The fourth-order valence-corrected chi connectivity index (χ4v) is 2.70. The lowest BCUT2D eigenvalue weighted by molar-refractivity contribution is -0.130. The van der Waals surface area contributed by atoms with Crippen molar-refractivity contribution >= 4 is 29.1 Å². The Kier molecular flexibility index (Phi) is 5.74. The van der Waals surface area contributed by atoms with E-state index in [1.807, 2.05) is 43.3 Å². The van der Waals surface area contributed by atoms with Gasteiger partial charge in [-0.2, -0.15) is 5.10 Å².